The molecule has 1 saturated heterocycles. The third-order valence-corrected chi connectivity index (χ3v) is 4.71. The van der Waals surface area contributed by atoms with Crippen molar-refractivity contribution in [2.75, 3.05) is 26.3 Å². The molecular weight excluding hydrogens is 242 g/mol. The molecule has 0 amide bonds. The lowest BCUT2D eigenvalue weighted by molar-refractivity contribution is -0.123. The molecule has 0 aromatic heterocycles. The molecule has 4 heteroatoms. The highest BCUT2D eigenvalue weighted by molar-refractivity contribution is 5.59. The molecule has 1 saturated carbocycles. The number of hydrogen-bond acceptors (Lipinski definition) is 4. The highest BCUT2D eigenvalue weighted by Crippen LogP contribution is 2.35. The summed E-state index contributed by atoms with van der Waals surface area (Å²) in [5, 5.41) is 9.25. The Kier molecular flexibility index (Phi) is 5.37. The summed E-state index contributed by atoms with van der Waals surface area (Å²) in [4.78, 5) is 14.0. The SMILES string of the molecule is CC1COC(CO)CN1CC1(C=O)CCCCCC1. The van der Waals surface area contributed by atoms with Crippen molar-refractivity contribution in [3.05, 3.63) is 0 Å². The topological polar surface area (TPSA) is 49.8 Å². The number of hydrogen-bond donors (Lipinski definition) is 1. The van der Waals surface area contributed by atoms with E-state index in [0.717, 1.165) is 25.9 Å². The van der Waals surface area contributed by atoms with Gasteiger partial charge in [-0.2, -0.15) is 0 Å². The van der Waals surface area contributed by atoms with Crippen molar-refractivity contribution in [3.63, 3.8) is 0 Å². The molecule has 2 unspecified atom stereocenters. The van der Waals surface area contributed by atoms with Gasteiger partial charge in [0.1, 0.15) is 6.29 Å². The summed E-state index contributed by atoms with van der Waals surface area (Å²) in [5.41, 5.74) is -0.165. The lowest BCUT2D eigenvalue weighted by atomic mass is 9.81. The second-order valence-corrected chi connectivity index (χ2v) is 6.31. The Hall–Kier alpha value is -0.450. The smallest absolute Gasteiger partial charge is 0.127 e. The average molecular weight is 269 g/mol. The maximum absolute atomic E-state index is 11.7. The fraction of sp³-hybridized carbons (Fsp3) is 0.933. The maximum atomic E-state index is 11.7. The molecule has 2 atom stereocenters. The Bertz CT molecular complexity index is 287. The van der Waals surface area contributed by atoms with Crippen LogP contribution in [0.3, 0.4) is 0 Å². The van der Waals surface area contributed by atoms with E-state index in [1.165, 1.54) is 32.0 Å². The molecule has 2 rings (SSSR count). The number of carbonyl (C=O) groups is 1. The summed E-state index contributed by atoms with van der Waals surface area (Å²) in [6, 6.07) is 0.336. The van der Waals surface area contributed by atoms with Gasteiger partial charge in [0, 0.05) is 24.5 Å². The van der Waals surface area contributed by atoms with Crippen LogP contribution < -0.4 is 0 Å². The van der Waals surface area contributed by atoms with Gasteiger partial charge >= 0.3 is 0 Å². The minimum absolute atomic E-state index is 0.0668. The lowest BCUT2D eigenvalue weighted by Gasteiger charge is -2.42. The van der Waals surface area contributed by atoms with Crippen molar-refractivity contribution in [2.45, 2.75) is 57.6 Å². The normalized spacial score (nSPS) is 32.7. The van der Waals surface area contributed by atoms with E-state index in [1.54, 1.807) is 0 Å². The first-order valence-electron chi connectivity index (χ1n) is 7.62. The Balaban J connectivity index is 2.01. The molecule has 0 radical (unpaired) electrons. The summed E-state index contributed by atoms with van der Waals surface area (Å²) >= 11 is 0. The maximum Gasteiger partial charge on any atom is 0.127 e. The van der Waals surface area contributed by atoms with E-state index in [2.05, 4.69) is 11.8 Å². The van der Waals surface area contributed by atoms with Crippen LogP contribution in [0, 0.1) is 5.41 Å². The molecule has 0 bridgehead atoms. The van der Waals surface area contributed by atoms with Gasteiger partial charge in [0.15, 0.2) is 0 Å². The van der Waals surface area contributed by atoms with E-state index in [1.807, 2.05) is 0 Å². The van der Waals surface area contributed by atoms with Gasteiger partial charge in [-0.1, -0.05) is 25.7 Å². The minimum Gasteiger partial charge on any atom is -0.394 e. The van der Waals surface area contributed by atoms with Crippen LogP contribution in [-0.4, -0.2) is 54.7 Å². The zero-order valence-electron chi connectivity index (χ0n) is 12.0. The van der Waals surface area contributed by atoms with Crippen molar-refractivity contribution in [1.29, 1.82) is 0 Å². The number of carbonyl (C=O) groups excluding carboxylic acids is 1. The highest BCUT2D eigenvalue weighted by atomic mass is 16.5. The van der Waals surface area contributed by atoms with Gasteiger partial charge in [0.25, 0.3) is 0 Å². The van der Waals surface area contributed by atoms with Crippen molar-refractivity contribution < 1.29 is 14.6 Å². The van der Waals surface area contributed by atoms with Crippen molar-refractivity contribution in [3.8, 4) is 0 Å². The average Bonchev–Trinajstić information content (AvgIpc) is 2.67. The van der Waals surface area contributed by atoms with Crippen LogP contribution in [0.4, 0.5) is 0 Å². The first kappa shape index (κ1) is 14.9. The van der Waals surface area contributed by atoms with Crippen molar-refractivity contribution in [1.82, 2.24) is 4.90 Å². The van der Waals surface area contributed by atoms with Crippen LogP contribution in [-0.2, 0) is 9.53 Å². The van der Waals surface area contributed by atoms with Crippen LogP contribution in [0.2, 0.25) is 0 Å². The predicted molar refractivity (Wildman–Crippen MR) is 74.1 cm³/mol. The second kappa shape index (κ2) is 6.82. The van der Waals surface area contributed by atoms with Crippen LogP contribution in [0.25, 0.3) is 0 Å². The van der Waals surface area contributed by atoms with Gasteiger partial charge in [0.05, 0.1) is 19.3 Å². The van der Waals surface area contributed by atoms with Crippen molar-refractivity contribution in [2.24, 2.45) is 5.41 Å². The lowest BCUT2D eigenvalue weighted by Crippen LogP contribution is -2.53. The monoisotopic (exact) mass is 269 g/mol. The number of rotatable bonds is 4. The summed E-state index contributed by atoms with van der Waals surface area (Å²) in [5.74, 6) is 0. The first-order chi connectivity index (χ1) is 9.19. The Morgan fingerprint density at radius 1 is 1.32 bits per heavy atom. The quantitative estimate of drug-likeness (QED) is 0.622. The number of nitrogens with zero attached hydrogens (tertiary/aromatic N) is 1. The largest absolute Gasteiger partial charge is 0.394 e. The molecule has 19 heavy (non-hydrogen) atoms. The fourth-order valence-electron chi connectivity index (χ4n) is 3.36. The third-order valence-electron chi connectivity index (χ3n) is 4.71. The van der Waals surface area contributed by atoms with E-state index in [0.29, 0.717) is 12.6 Å². The van der Waals surface area contributed by atoms with Gasteiger partial charge in [-0.15, -0.1) is 0 Å². The van der Waals surface area contributed by atoms with Gasteiger partial charge in [-0.05, 0) is 19.8 Å². The van der Waals surface area contributed by atoms with Crippen LogP contribution in [0.1, 0.15) is 45.4 Å². The highest BCUT2D eigenvalue weighted by Gasteiger charge is 2.36. The van der Waals surface area contributed by atoms with E-state index in [9.17, 15) is 9.90 Å². The molecule has 2 aliphatic rings. The molecule has 1 N–H and O–H groups in total. The molecule has 4 nitrogen and oxygen atoms in total. The predicted octanol–water partition coefficient (Wildman–Crippen LogP) is 1.61. The number of aliphatic hydroxyl groups is 1. The summed E-state index contributed by atoms with van der Waals surface area (Å²) in [6.07, 6.45) is 8.00. The minimum atomic E-state index is -0.165. The van der Waals surface area contributed by atoms with Gasteiger partial charge in [0.2, 0.25) is 0 Å². The van der Waals surface area contributed by atoms with Crippen molar-refractivity contribution >= 4 is 6.29 Å². The Morgan fingerprint density at radius 2 is 2.00 bits per heavy atom. The molecule has 1 aliphatic heterocycles. The number of aliphatic hydroxyl groups excluding tert-OH is 1. The number of aldehydes is 1. The van der Waals surface area contributed by atoms with Crippen LogP contribution in [0.5, 0.6) is 0 Å². The van der Waals surface area contributed by atoms with E-state index in [-0.39, 0.29) is 18.1 Å². The molecule has 0 aromatic rings. The number of ether oxygens (including phenoxy) is 1. The van der Waals surface area contributed by atoms with E-state index < -0.39 is 0 Å². The van der Waals surface area contributed by atoms with Crippen LogP contribution in [0.15, 0.2) is 0 Å². The standard InChI is InChI=1S/C15H27NO3/c1-13-10-19-14(9-17)8-16(13)11-15(12-18)6-4-2-3-5-7-15/h12-14,17H,2-11H2,1H3. The zero-order chi connectivity index (χ0) is 13.7. The van der Waals surface area contributed by atoms with E-state index >= 15 is 0 Å². The molecule has 1 heterocycles. The Labute approximate surface area is 116 Å². The fourth-order valence-corrected chi connectivity index (χ4v) is 3.36. The number of morpholine rings is 1. The third kappa shape index (κ3) is 3.77. The second-order valence-electron chi connectivity index (χ2n) is 6.31. The summed E-state index contributed by atoms with van der Waals surface area (Å²) in [6.45, 7) is 4.44. The molecule has 0 aromatic carbocycles. The molecule has 2 fully saturated rings. The van der Waals surface area contributed by atoms with Gasteiger partial charge < -0.3 is 14.6 Å². The summed E-state index contributed by atoms with van der Waals surface area (Å²) in [7, 11) is 0. The molecule has 110 valence electrons. The van der Waals surface area contributed by atoms with Gasteiger partial charge in [-0.3, -0.25) is 4.90 Å². The first-order valence-corrected chi connectivity index (χ1v) is 7.62. The molecular formula is C15H27NO3. The summed E-state index contributed by atoms with van der Waals surface area (Å²) < 4.78 is 5.57. The Morgan fingerprint density at radius 3 is 2.58 bits per heavy atom. The van der Waals surface area contributed by atoms with E-state index in [4.69, 9.17) is 4.74 Å². The zero-order valence-corrected chi connectivity index (χ0v) is 12.0. The molecule has 1 aliphatic carbocycles. The molecule has 0 spiro atoms. The van der Waals surface area contributed by atoms with Gasteiger partial charge in [-0.25, -0.2) is 0 Å². The van der Waals surface area contributed by atoms with Crippen LogP contribution >= 0.6 is 0 Å².